The normalized spacial score (nSPS) is 14.9. The van der Waals surface area contributed by atoms with E-state index in [1.165, 1.54) is 6.07 Å². The summed E-state index contributed by atoms with van der Waals surface area (Å²) in [6, 6.07) is 4.51. The number of hydrogen-bond donors (Lipinski definition) is 2. The molecule has 0 bridgehead atoms. The first-order chi connectivity index (χ1) is 6.50. The molecule has 0 aliphatic carbocycles. The summed E-state index contributed by atoms with van der Waals surface area (Å²) in [6.45, 7) is 3.77. The molecule has 2 nitrogen and oxygen atoms in total. The molecule has 1 aromatic rings. The van der Waals surface area contributed by atoms with Crippen molar-refractivity contribution >= 4 is 17.3 Å². The van der Waals surface area contributed by atoms with Gasteiger partial charge in [0.1, 0.15) is 5.82 Å². The lowest BCUT2D eigenvalue weighted by Gasteiger charge is -2.19. The van der Waals surface area contributed by atoms with Crippen LogP contribution < -0.4 is 11.1 Å². The van der Waals surface area contributed by atoms with Gasteiger partial charge in [0, 0.05) is 17.1 Å². The third kappa shape index (κ3) is 2.86. The monoisotopic (exact) mass is 216 g/mol. The highest BCUT2D eigenvalue weighted by atomic mass is 35.5. The maximum absolute atomic E-state index is 13.3. The summed E-state index contributed by atoms with van der Waals surface area (Å²) < 4.78 is 13.3. The summed E-state index contributed by atoms with van der Waals surface area (Å²) in [5.74, 6) is -0.356. The molecule has 14 heavy (non-hydrogen) atoms. The second-order valence-corrected chi connectivity index (χ2v) is 3.85. The highest BCUT2D eigenvalue weighted by Crippen LogP contribution is 2.19. The van der Waals surface area contributed by atoms with Crippen molar-refractivity contribution in [2.75, 3.05) is 5.32 Å². The third-order valence-corrected chi connectivity index (χ3v) is 2.34. The Kier molecular flexibility index (Phi) is 3.72. The highest BCUT2D eigenvalue weighted by Gasteiger charge is 2.09. The van der Waals surface area contributed by atoms with Gasteiger partial charge in [0.05, 0.1) is 5.69 Å². The zero-order valence-electron chi connectivity index (χ0n) is 8.22. The maximum atomic E-state index is 13.3. The van der Waals surface area contributed by atoms with Crippen molar-refractivity contribution in [1.29, 1.82) is 0 Å². The molecular weight excluding hydrogens is 203 g/mol. The van der Waals surface area contributed by atoms with E-state index in [-0.39, 0.29) is 17.9 Å². The van der Waals surface area contributed by atoms with Gasteiger partial charge in [-0.25, -0.2) is 4.39 Å². The Morgan fingerprint density at radius 3 is 2.57 bits per heavy atom. The molecular formula is C10H14ClFN2. The van der Waals surface area contributed by atoms with Gasteiger partial charge in [0.25, 0.3) is 0 Å². The quantitative estimate of drug-likeness (QED) is 0.815. The van der Waals surface area contributed by atoms with E-state index in [0.29, 0.717) is 10.7 Å². The van der Waals surface area contributed by atoms with Gasteiger partial charge in [0.15, 0.2) is 0 Å². The van der Waals surface area contributed by atoms with Crippen LogP contribution in [0.4, 0.5) is 10.1 Å². The van der Waals surface area contributed by atoms with Crippen LogP contribution in [0.15, 0.2) is 18.2 Å². The van der Waals surface area contributed by atoms with Crippen LogP contribution in [0.1, 0.15) is 13.8 Å². The van der Waals surface area contributed by atoms with E-state index in [4.69, 9.17) is 17.3 Å². The van der Waals surface area contributed by atoms with Crippen molar-refractivity contribution in [3.63, 3.8) is 0 Å². The molecule has 0 aliphatic rings. The first-order valence-electron chi connectivity index (χ1n) is 4.48. The van der Waals surface area contributed by atoms with Gasteiger partial charge in [-0.05, 0) is 32.0 Å². The van der Waals surface area contributed by atoms with E-state index in [1.807, 2.05) is 13.8 Å². The lowest BCUT2D eigenvalue weighted by Crippen LogP contribution is -2.35. The van der Waals surface area contributed by atoms with Gasteiger partial charge in [-0.2, -0.15) is 0 Å². The van der Waals surface area contributed by atoms with Crippen molar-refractivity contribution in [3.05, 3.63) is 29.0 Å². The van der Waals surface area contributed by atoms with Crippen LogP contribution in [0.5, 0.6) is 0 Å². The zero-order chi connectivity index (χ0) is 10.7. The molecule has 78 valence electrons. The largest absolute Gasteiger partial charge is 0.379 e. The van der Waals surface area contributed by atoms with Gasteiger partial charge >= 0.3 is 0 Å². The molecule has 0 saturated carbocycles. The zero-order valence-corrected chi connectivity index (χ0v) is 8.98. The molecule has 0 aliphatic heterocycles. The van der Waals surface area contributed by atoms with Crippen LogP contribution >= 0.6 is 11.6 Å². The number of rotatable bonds is 3. The lowest BCUT2D eigenvalue weighted by atomic mass is 10.1. The molecule has 3 N–H and O–H groups in total. The van der Waals surface area contributed by atoms with Crippen LogP contribution in [-0.2, 0) is 0 Å². The number of nitrogens with one attached hydrogen (secondary N) is 1. The molecule has 0 spiro atoms. The van der Waals surface area contributed by atoms with E-state index < -0.39 is 0 Å². The summed E-state index contributed by atoms with van der Waals surface area (Å²) in [6.07, 6.45) is 0. The molecule has 0 radical (unpaired) electrons. The molecule has 2 unspecified atom stereocenters. The summed E-state index contributed by atoms with van der Waals surface area (Å²) >= 11 is 5.62. The molecule has 0 saturated heterocycles. The number of nitrogens with two attached hydrogens (primary N) is 1. The van der Waals surface area contributed by atoms with E-state index >= 15 is 0 Å². The topological polar surface area (TPSA) is 38.0 Å². The second kappa shape index (κ2) is 4.62. The number of benzene rings is 1. The third-order valence-electron chi connectivity index (χ3n) is 2.10. The average molecular weight is 217 g/mol. The number of hydrogen-bond acceptors (Lipinski definition) is 2. The van der Waals surface area contributed by atoms with Gasteiger partial charge in [-0.1, -0.05) is 11.6 Å². The maximum Gasteiger partial charge on any atom is 0.147 e. The predicted octanol–water partition coefficient (Wildman–Crippen LogP) is 2.63. The molecule has 2 atom stereocenters. The minimum atomic E-state index is -0.356. The van der Waals surface area contributed by atoms with Crippen LogP contribution in [0.25, 0.3) is 0 Å². The summed E-state index contributed by atoms with van der Waals surface area (Å²) in [7, 11) is 0. The van der Waals surface area contributed by atoms with Crippen LogP contribution in [0, 0.1) is 5.82 Å². The molecule has 0 heterocycles. The number of anilines is 1. The molecule has 0 aromatic heterocycles. The smallest absolute Gasteiger partial charge is 0.147 e. The van der Waals surface area contributed by atoms with Crippen molar-refractivity contribution in [1.82, 2.24) is 0 Å². The van der Waals surface area contributed by atoms with E-state index in [9.17, 15) is 4.39 Å². The molecule has 1 aromatic carbocycles. The van der Waals surface area contributed by atoms with Crippen molar-refractivity contribution in [2.45, 2.75) is 25.9 Å². The summed E-state index contributed by atoms with van der Waals surface area (Å²) in [5.41, 5.74) is 6.08. The standard InChI is InChI=1S/C10H14ClFN2/c1-6(13)7(2)14-10-4-3-8(11)5-9(10)12/h3-7,14H,13H2,1-2H3. The SMILES string of the molecule is CC(N)C(C)Nc1ccc(Cl)cc1F. The Labute approximate surface area is 88.2 Å². The Bertz CT molecular complexity index is 315. The van der Waals surface area contributed by atoms with Crippen molar-refractivity contribution < 1.29 is 4.39 Å². The van der Waals surface area contributed by atoms with E-state index in [1.54, 1.807) is 12.1 Å². The van der Waals surface area contributed by atoms with Crippen molar-refractivity contribution in [3.8, 4) is 0 Å². The fraction of sp³-hybridized carbons (Fsp3) is 0.400. The van der Waals surface area contributed by atoms with E-state index in [2.05, 4.69) is 5.32 Å². The van der Waals surface area contributed by atoms with Gasteiger partial charge < -0.3 is 11.1 Å². The van der Waals surface area contributed by atoms with Crippen molar-refractivity contribution in [2.24, 2.45) is 5.73 Å². The van der Waals surface area contributed by atoms with E-state index in [0.717, 1.165) is 0 Å². The first-order valence-corrected chi connectivity index (χ1v) is 4.85. The minimum absolute atomic E-state index is 0.0191. The van der Waals surface area contributed by atoms with Gasteiger partial charge in [0.2, 0.25) is 0 Å². The number of halogens is 2. The predicted molar refractivity (Wildman–Crippen MR) is 58.1 cm³/mol. The second-order valence-electron chi connectivity index (χ2n) is 3.42. The lowest BCUT2D eigenvalue weighted by molar-refractivity contribution is 0.607. The Morgan fingerprint density at radius 2 is 2.07 bits per heavy atom. The summed E-state index contributed by atoms with van der Waals surface area (Å²) in [4.78, 5) is 0. The molecule has 0 amide bonds. The van der Waals surface area contributed by atoms with Gasteiger partial charge in [-0.15, -0.1) is 0 Å². The fourth-order valence-corrected chi connectivity index (χ4v) is 1.14. The molecule has 1 rings (SSSR count). The molecule has 0 fully saturated rings. The highest BCUT2D eigenvalue weighted by molar-refractivity contribution is 6.30. The Balaban J connectivity index is 2.77. The van der Waals surface area contributed by atoms with Crippen LogP contribution in [0.3, 0.4) is 0 Å². The van der Waals surface area contributed by atoms with Crippen LogP contribution in [0.2, 0.25) is 5.02 Å². The molecule has 4 heteroatoms. The Morgan fingerprint density at radius 1 is 1.43 bits per heavy atom. The minimum Gasteiger partial charge on any atom is -0.379 e. The van der Waals surface area contributed by atoms with Crippen LogP contribution in [-0.4, -0.2) is 12.1 Å². The summed E-state index contributed by atoms with van der Waals surface area (Å²) in [5, 5.41) is 3.37. The first kappa shape index (κ1) is 11.3. The fourth-order valence-electron chi connectivity index (χ4n) is 0.983. The van der Waals surface area contributed by atoms with Gasteiger partial charge in [-0.3, -0.25) is 0 Å². The Hall–Kier alpha value is -0.800. The average Bonchev–Trinajstić information content (AvgIpc) is 2.09.